The number of amides is 2. The standard InChI is InChI=1S/C27H26ClFN4O4/c28-21-10-23(32-27(35)33-18-2-3-24(33)20-12-30-25(34)8-17(20)7-18)22(29)9-19(21)16-1-4-26(31-11-16)37-14-15-5-6-36-13-15/h1,4,8-12,15,18,24H,2-3,5-7,13-14H2,(H,30,34)(H,32,35)/t15-,18+,24-/m1/s1. The van der Waals surface area contributed by atoms with Crippen LogP contribution in [0.5, 0.6) is 5.88 Å². The monoisotopic (exact) mass is 524 g/mol. The summed E-state index contributed by atoms with van der Waals surface area (Å²) in [5.41, 5.74) is 2.88. The Morgan fingerprint density at radius 2 is 2.16 bits per heavy atom. The lowest BCUT2D eigenvalue weighted by Gasteiger charge is -2.36. The van der Waals surface area contributed by atoms with Crippen LogP contribution < -0.4 is 15.6 Å². The van der Waals surface area contributed by atoms with Crippen molar-refractivity contribution >= 4 is 23.3 Å². The van der Waals surface area contributed by atoms with Gasteiger partial charge in [-0.2, -0.15) is 0 Å². The highest BCUT2D eigenvalue weighted by Gasteiger charge is 2.43. The van der Waals surface area contributed by atoms with Crippen molar-refractivity contribution in [1.29, 1.82) is 0 Å². The zero-order valence-electron chi connectivity index (χ0n) is 20.0. The van der Waals surface area contributed by atoms with E-state index < -0.39 is 5.82 Å². The molecule has 3 aliphatic heterocycles. The first-order valence-corrected chi connectivity index (χ1v) is 12.8. The van der Waals surface area contributed by atoms with E-state index in [0.717, 1.165) is 37.0 Å². The minimum atomic E-state index is -0.594. The van der Waals surface area contributed by atoms with Gasteiger partial charge in [0.05, 0.1) is 30.0 Å². The number of nitrogens with one attached hydrogen (secondary N) is 2. The van der Waals surface area contributed by atoms with Crippen molar-refractivity contribution in [3.05, 3.63) is 75.0 Å². The fraction of sp³-hybridized carbons (Fsp3) is 0.370. The van der Waals surface area contributed by atoms with Gasteiger partial charge in [-0.3, -0.25) is 4.79 Å². The van der Waals surface area contributed by atoms with E-state index in [1.807, 2.05) is 0 Å². The molecular formula is C27H26ClFN4O4. The number of halogens is 2. The number of rotatable bonds is 5. The summed E-state index contributed by atoms with van der Waals surface area (Å²) in [7, 11) is 0. The molecule has 6 rings (SSSR count). The number of aromatic amines is 1. The van der Waals surface area contributed by atoms with Crippen molar-refractivity contribution in [2.45, 2.75) is 37.8 Å². The molecule has 0 aliphatic carbocycles. The average Bonchev–Trinajstić information content (AvgIpc) is 3.52. The van der Waals surface area contributed by atoms with Crippen molar-refractivity contribution in [2.24, 2.45) is 5.92 Å². The molecule has 192 valence electrons. The van der Waals surface area contributed by atoms with Gasteiger partial charge in [0, 0.05) is 54.2 Å². The van der Waals surface area contributed by atoms with E-state index in [1.54, 1.807) is 35.5 Å². The number of carbonyl (C=O) groups excluding carboxylic acids is 1. The van der Waals surface area contributed by atoms with Crippen molar-refractivity contribution in [3.63, 3.8) is 0 Å². The van der Waals surface area contributed by atoms with Crippen LogP contribution in [0.15, 0.2) is 47.5 Å². The van der Waals surface area contributed by atoms with Crippen LogP contribution in [0.3, 0.4) is 0 Å². The maximum atomic E-state index is 15.1. The van der Waals surface area contributed by atoms with Crippen LogP contribution in [0.1, 0.15) is 36.4 Å². The maximum absolute atomic E-state index is 15.1. The summed E-state index contributed by atoms with van der Waals surface area (Å²) in [5.74, 6) is 0.257. The Hall–Kier alpha value is -3.43. The Kier molecular flexibility index (Phi) is 6.34. The second kappa shape index (κ2) is 9.79. The van der Waals surface area contributed by atoms with E-state index in [2.05, 4.69) is 15.3 Å². The lowest BCUT2D eigenvalue weighted by molar-refractivity contribution is 0.165. The van der Waals surface area contributed by atoms with Crippen molar-refractivity contribution < 1.29 is 18.7 Å². The highest BCUT2D eigenvalue weighted by molar-refractivity contribution is 6.33. The van der Waals surface area contributed by atoms with Crippen LogP contribution in [-0.4, -0.2) is 46.8 Å². The Labute approximate surface area is 217 Å². The molecule has 10 heteroatoms. The Morgan fingerprint density at radius 1 is 1.27 bits per heavy atom. The maximum Gasteiger partial charge on any atom is 0.322 e. The lowest BCUT2D eigenvalue weighted by atomic mass is 9.95. The first kappa shape index (κ1) is 23.9. The van der Waals surface area contributed by atoms with Crippen LogP contribution in [0, 0.1) is 11.7 Å². The molecule has 2 N–H and O–H groups in total. The molecule has 2 aromatic heterocycles. The van der Waals surface area contributed by atoms with E-state index in [4.69, 9.17) is 21.1 Å². The molecule has 0 unspecified atom stereocenters. The smallest absolute Gasteiger partial charge is 0.322 e. The molecule has 5 heterocycles. The van der Waals surface area contributed by atoms with Gasteiger partial charge in [-0.25, -0.2) is 14.2 Å². The number of hydrogen-bond acceptors (Lipinski definition) is 5. The number of aromatic nitrogens is 2. The topological polar surface area (TPSA) is 96.6 Å². The molecule has 0 radical (unpaired) electrons. The van der Waals surface area contributed by atoms with Crippen LogP contribution in [0.2, 0.25) is 5.02 Å². The summed E-state index contributed by atoms with van der Waals surface area (Å²) in [6.07, 6.45) is 6.47. The number of pyridine rings is 2. The largest absolute Gasteiger partial charge is 0.477 e. The molecule has 0 saturated carbocycles. The third kappa shape index (κ3) is 4.69. The highest BCUT2D eigenvalue weighted by atomic mass is 35.5. The normalized spacial score (nSPS) is 22.1. The van der Waals surface area contributed by atoms with Crippen LogP contribution in [-0.2, 0) is 11.2 Å². The number of hydrogen-bond donors (Lipinski definition) is 2. The molecule has 2 bridgehead atoms. The predicted molar refractivity (Wildman–Crippen MR) is 136 cm³/mol. The zero-order chi connectivity index (χ0) is 25.5. The van der Waals surface area contributed by atoms with Crippen LogP contribution in [0.4, 0.5) is 14.9 Å². The van der Waals surface area contributed by atoms with Crippen molar-refractivity contribution in [2.75, 3.05) is 25.1 Å². The number of H-pyrrole nitrogens is 1. The molecule has 1 aromatic carbocycles. The molecular weight excluding hydrogens is 499 g/mol. The summed E-state index contributed by atoms with van der Waals surface area (Å²) >= 11 is 6.51. The van der Waals surface area contributed by atoms with Gasteiger partial charge >= 0.3 is 6.03 Å². The summed E-state index contributed by atoms with van der Waals surface area (Å²) in [4.78, 5) is 33.7. The van der Waals surface area contributed by atoms with Gasteiger partial charge in [-0.15, -0.1) is 0 Å². The number of urea groups is 1. The number of nitrogens with zero attached hydrogens (tertiary/aromatic N) is 2. The zero-order valence-corrected chi connectivity index (χ0v) is 20.8. The first-order valence-electron chi connectivity index (χ1n) is 12.4. The molecule has 2 saturated heterocycles. The second-order valence-electron chi connectivity index (χ2n) is 9.80. The Balaban J connectivity index is 1.16. The minimum Gasteiger partial charge on any atom is -0.477 e. The number of benzene rings is 1. The molecule has 8 nitrogen and oxygen atoms in total. The first-order chi connectivity index (χ1) is 18.0. The predicted octanol–water partition coefficient (Wildman–Crippen LogP) is 4.94. The molecule has 2 amide bonds. The van der Waals surface area contributed by atoms with Gasteiger partial charge in [0.2, 0.25) is 11.4 Å². The van der Waals surface area contributed by atoms with E-state index in [1.165, 1.54) is 12.1 Å². The SMILES string of the molecule is O=C(Nc1cc(Cl)c(-c2ccc(OC[C@@H]3CCOC3)nc2)cc1F)N1[C@H]2CC[C@@H]1c1c[nH]c(=O)cc1C2. The number of fused-ring (bicyclic) bond motifs is 4. The number of carbonyl (C=O) groups is 1. The summed E-state index contributed by atoms with van der Waals surface area (Å²) < 4.78 is 26.2. The van der Waals surface area contributed by atoms with Gasteiger partial charge in [-0.1, -0.05) is 11.6 Å². The fourth-order valence-corrected chi connectivity index (χ4v) is 5.82. The molecule has 2 fully saturated rings. The van der Waals surface area contributed by atoms with Gasteiger partial charge < -0.3 is 24.7 Å². The summed E-state index contributed by atoms with van der Waals surface area (Å²) in [6.45, 7) is 2.00. The second-order valence-corrected chi connectivity index (χ2v) is 10.2. The van der Waals surface area contributed by atoms with Crippen LogP contribution in [0.25, 0.3) is 11.1 Å². The van der Waals surface area contributed by atoms with Gasteiger partial charge in [-0.05, 0) is 55.0 Å². The van der Waals surface area contributed by atoms with E-state index in [-0.39, 0.29) is 29.4 Å². The number of anilines is 1. The Morgan fingerprint density at radius 3 is 2.95 bits per heavy atom. The third-order valence-corrected chi connectivity index (χ3v) is 7.75. The van der Waals surface area contributed by atoms with Gasteiger partial charge in [0.15, 0.2) is 0 Å². The molecule has 3 atom stereocenters. The molecule has 3 aliphatic rings. The Bertz CT molecular complexity index is 1390. The lowest BCUT2D eigenvalue weighted by Crippen LogP contribution is -2.44. The summed E-state index contributed by atoms with van der Waals surface area (Å²) in [6, 6.07) is 7.25. The van der Waals surface area contributed by atoms with Crippen molar-refractivity contribution in [3.8, 4) is 17.0 Å². The van der Waals surface area contributed by atoms with Gasteiger partial charge in [0.25, 0.3) is 0 Å². The van der Waals surface area contributed by atoms with Crippen LogP contribution >= 0.6 is 11.6 Å². The molecule has 0 spiro atoms. The average molecular weight is 525 g/mol. The third-order valence-electron chi connectivity index (χ3n) is 7.43. The summed E-state index contributed by atoms with van der Waals surface area (Å²) in [5, 5.41) is 3.00. The van der Waals surface area contributed by atoms with Gasteiger partial charge in [0.1, 0.15) is 5.82 Å². The quantitative estimate of drug-likeness (QED) is 0.493. The minimum absolute atomic E-state index is 0.0112. The fourth-order valence-electron chi connectivity index (χ4n) is 5.55. The molecule has 3 aromatic rings. The van der Waals surface area contributed by atoms with E-state index in [9.17, 15) is 9.59 Å². The van der Waals surface area contributed by atoms with E-state index >= 15 is 4.39 Å². The molecule has 37 heavy (non-hydrogen) atoms. The van der Waals surface area contributed by atoms with E-state index in [0.29, 0.717) is 47.6 Å². The van der Waals surface area contributed by atoms with Crippen molar-refractivity contribution in [1.82, 2.24) is 14.9 Å². The number of ether oxygens (including phenoxy) is 2. The highest BCUT2D eigenvalue weighted by Crippen LogP contribution is 2.43.